The van der Waals surface area contributed by atoms with E-state index in [0.29, 0.717) is 6.42 Å². The molecule has 0 aliphatic rings. The second-order valence-corrected chi connectivity index (χ2v) is 6.12. The van der Waals surface area contributed by atoms with Gasteiger partial charge in [-0.15, -0.1) is 0 Å². The van der Waals surface area contributed by atoms with Gasteiger partial charge in [0, 0.05) is 12.6 Å². The Hall–Kier alpha value is -2.45. The highest BCUT2D eigenvalue weighted by atomic mass is 16.3. The molecule has 23 heavy (non-hydrogen) atoms. The van der Waals surface area contributed by atoms with Gasteiger partial charge < -0.3 is 5.11 Å². The zero-order valence-corrected chi connectivity index (χ0v) is 13.3. The van der Waals surface area contributed by atoms with Gasteiger partial charge in [-0.05, 0) is 30.2 Å². The Balaban J connectivity index is 2.01. The molecule has 2 nitrogen and oxygen atoms in total. The van der Waals surface area contributed by atoms with E-state index in [1.165, 1.54) is 0 Å². The van der Waals surface area contributed by atoms with Gasteiger partial charge in [0.25, 0.3) is 0 Å². The average molecular weight is 303 g/mol. The first kappa shape index (κ1) is 15.4. The topological polar surface area (TPSA) is 33.1 Å². The van der Waals surface area contributed by atoms with Gasteiger partial charge in [0.15, 0.2) is 0 Å². The Morgan fingerprint density at radius 2 is 1.48 bits per heavy atom. The van der Waals surface area contributed by atoms with Crippen LogP contribution in [0.5, 0.6) is 0 Å². The van der Waals surface area contributed by atoms with Crippen molar-refractivity contribution in [3.8, 4) is 0 Å². The molecule has 1 N–H and O–H groups in total. The molecule has 3 aromatic rings. The van der Waals surface area contributed by atoms with Gasteiger partial charge in [-0.3, -0.25) is 4.98 Å². The summed E-state index contributed by atoms with van der Waals surface area (Å²) in [5, 5.41) is 11.3. The zero-order valence-electron chi connectivity index (χ0n) is 13.3. The predicted molar refractivity (Wildman–Crippen MR) is 93.3 cm³/mol. The van der Waals surface area contributed by atoms with E-state index in [2.05, 4.69) is 29.2 Å². The molecule has 2 aromatic carbocycles. The van der Waals surface area contributed by atoms with Gasteiger partial charge in [0.05, 0.1) is 17.2 Å². The smallest absolute Gasteiger partial charge is 0.0783 e. The molecule has 3 rings (SSSR count). The fraction of sp³-hybridized carbons (Fsp3) is 0.190. The van der Waals surface area contributed by atoms with Crippen LogP contribution in [0.1, 0.15) is 29.7 Å². The number of hydrogen-bond donors (Lipinski definition) is 1. The molecule has 116 valence electrons. The molecule has 0 unspecified atom stereocenters. The summed E-state index contributed by atoms with van der Waals surface area (Å²) >= 11 is 0. The number of rotatable bonds is 5. The van der Waals surface area contributed by atoms with E-state index in [0.717, 1.165) is 16.8 Å². The van der Waals surface area contributed by atoms with Crippen LogP contribution in [0, 0.1) is 0 Å². The van der Waals surface area contributed by atoms with Crippen LogP contribution >= 0.6 is 0 Å². The molecule has 0 fully saturated rings. The number of hydrogen-bond acceptors (Lipinski definition) is 2. The van der Waals surface area contributed by atoms with E-state index >= 15 is 0 Å². The number of aliphatic hydroxyl groups is 1. The zero-order chi connectivity index (χ0) is 16.1. The third-order valence-electron chi connectivity index (χ3n) is 4.14. The quantitative estimate of drug-likeness (QED) is 0.766. The molecular formula is C21H21NO. The summed E-state index contributed by atoms with van der Waals surface area (Å²) in [4.78, 5) is 4.50. The minimum atomic E-state index is -0.933. The number of pyridine rings is 1. The standard InChI is InChI=1S/C21H21NO/c1-21(23,16-17-10-4-2-5-11-17)20(18-12-6-3-7-13-18)19-14-8-9-15-22-19/h2-15,20,23H,16H2,1H3/t20-,21-/m0/s1. The lowest BCUT2D eigenvalue weighted by Crippen LogP contribution is -2.36. The summed E-state index contributed by atoms with van der Waals surface area (Å²) in [6.07, 6.45) is 2.36. The molecule has 0 spiro atoms. The van der Waals surface area contributed by atoms with Crippen LogP contribution in [0.3, 0.4) is 0 Å². The summed E-state index contributed by atoms with van der Waals surface area (Å²) < 4.78 is 0. The maximum atomic E-state index is 11.3. The lowest BCUT2D eigenvalue weighted by Gasteiger charge is -2.33. The SMILES string of the molecule is C[C@](O)(Cc1ccccc1)[C@@H](c1ccccc1)c1ccccn1. The van der Waals surface area contributed by atoms with Crippen LogP contribution in [0.4, 0.5) is 0 Å². The van der Waals surface area contributed by atoms with Gasteiger partial charge in [0.2, 0.25) is 0 Å². The van der Waals surface area contributed by atoms with Crippen LogP contribution in [-0.2, 0) is 6.42 Å². The average Bonchev–Trinajstić information content (AvgIpc) is 2.57. The van der Waals surface area contributed by atoms with Crippen LogP contribution in [0.15, 0.2) is 85.1 Å². The Morgan fingerprint density at radius 1 is 0.870 bits per heavy atom. The maximum Gasteiger partial charge on any atom is 0.0783 e. The van der Waals surface area contributed by atoms with Gasteiger partial charge in [0.1, 0.15) is 0 Å². The normalized spacial score (nSPS) is 14.9. The first-order valence-corrected chi connectivity index (χ1v) is 7.89. The minimum Gasteiger partial charge on any atom is -0.389 e. The highest BCUT2D eigenvalue weighted by Gasteiger charge is 2.35. The molecule has 0 aliphatic carbocycles. The molecule has 0 saturated carbocycles. The summed E-state index contributed by atoms with van der Waals surface area (Å²) in [6.45, 7) is 1.90. The maximum absolute atomic E-state index is 11.3. The monoisotopic (exact) mass is 303 g/mol. The Bertz CT molecular complexity index is 684. The van der Waals surface area contributed by atoms with E-state index in [1.54, 1.807) is 6.20 Å². The van der Waals surface area contributed by atoms with Crippen molar-refractivity contribution in [3.63, 3.8) is 0 Å². The molecular weight excluding hydrogens is 282 g/mol. The number of nitrogens with zero attached hydrogens (tertiary/aromatic N) is 1. The number of aromatic nitrogens is 1. The summed E-state index contributed by atoms with van der Waals surface area (Å²) in [5.74, 6) is -0.176. The van der Waals surface area contributed by atoms with E-state index in [-0.39, 0.29) is 5.92 Å². The van der Waals surface area contributed by atoms with Crippen LogP contribution < -0.4 is 0 Å². The highest BCUT2D eigenvalue weighted by molar-refractivity contribution is 5.33. The molecule has 0 bridgehead atoms. The molecule has 2 heteroatoms. The van der Waals surface area contributed by atoms with Crippen LogP contribution in [0.25, 0.3) is 0 Å². The fourth-order valence-electron chi connectivity index (χ4n) is 3.15. The lowest BCUT2D eigenvalue weighted by molar-refractivity contribution is 0.0419. The summed E-state index contributed by atoms with van der Waals surface area (Å²) in [7, 11) is 0. The molecule has 0 aliphatic heterocycles. The Labute approximate surface area is 137 Å². The Kier molecular flexibility index (Phi) is 4.54. The van der Waals surface area contributed by atoms with Crippen molar-refractivity contribution in [1.29, 1.82) is 0 Å². The van der Waals surface area contributed by atoms with E-state index in [4.69, 9.17) is 0 Å². The van der Waals surface area contributed by atoms with Gasteiger partial charge in [-0.25, -0.2) is 0 Å². The second kappa shape index (κ2) is 6.76. The van der Waals surface area contributed by atoms with Crippen molar-refractivity contribution >= 4 is 0 Å². The summed E-state index contributed by atoms with van der Waals surface area (Å²) in [5.41, 5.74) is 2.15. The fourth-order valence-corrected chi connectivity index (χ4v) is 3.15. The lowest BCUT2D eigenvalue weighted by atomic mass is 9.77. The largest absolute Gasteiger partial charge is 0.389 e. The minimum absolute atomic E-state index is 0.176. The molecule has 0 amide bonds. The Morgan fingerprint density at radius 3 is 2.09 bits per heavy atom. The van der Waals surface area contributed by atoms with Crippen molar-refractivity contribution < 1.29 is 5.11 Å². The van der Waals surface area contributed by atoms with Crippen LogP contribution in [0.2, 0.25) is 0 Å². The van der Waals surface area contributed by atoms with E-state index < -0.39 is 5.60 Å². The second-order valence-electron chi connectivity index (χ2n) is 6.12. The van der Waals surface area contributed by atoms with Crippen molar-refractivity contribution in [2.75, 3.05) is 0 Å². The van der Waals surface area contributed by atoms with Crippen LogP contribution in [-0.4, -0.2) is 15.7 Å². The molecule has 1 aromatic heterocycles. The van der Waals surface area contributed by atoms with Crippen molar-refractivity contribution in [2.45, 2.75) is 24.9 Å². The van der Waals surface area contributed by atoms with Crippen molar-refractivity contribution in [2.24, 2.45) is 0 Å². The number of benzene rings is 2. The third kappa shape index (κ3) is 3.66. The molecule has 2 atom stereocenters. The first-order chi connectivity index (χ1) is 11.2. The van der Waals surface area contributed by atoms with Crippen molar-refractivity contribution in [1.82, 2.24) is 4.98 Å². The summed E-state index contributed by atoms with van der Waals surface area (Å²) in [6, 6.07) is 26.1. The van der Waals surface area contributed by atoms with Gasteiger partial charge in [-0.2, -0.15) is 0 Å². The van der Waals surface area contributed by atoms with E-state index in [1.807, 2.05) is 61.5 Å². The third-order valence-corrected chi connectivity index (χ3v) is 4.14. The highest BCUT2D eigenvalue weighted by Crippen LogP contribution is 2.36. The molecule has 0 saturated heterocycles. The predicted octanol–water partition coefficient (Wildman–Crippen LogP) is 4.21. The molecule has 1 heterocycles. The van der Waals surface area contributed by atoms with Gasteiger partial charge in [-0.1, -0.05) is 66.7 Å². The van der Waals surface area contributed by atoms with Crippen molar-refractivity contribution in [3.05, 3.63) is 102 Å². The first-order valence-electron chi connectivity index (χ1n) is 7.89. The molecule has 0 radical (unpaired) electrons. The van der Waals surface area contributed by atoms with Gasteiger partial charge >= 0.3 is 0 Å². The van der Waals surface area contributed by atoms with E-state index in [9.17, 15) is 5.11 Å².